The van der Waals surface area contributed by atoms with E-state index < -0.39 is 0 Å². The van der Waals surface area contributed by atoms with E-state index in [1.165, 1.54) is 36.0 Å². The average Bonchev–Trinajstić information content (AvgIpc) is 2.38. The number of rotatable bonds is 1. The summed E-state index contributed by atoms with van der Waals surface area (Å²) in [5, 5.41) is 1.15. The molecule has 3 rings (SSSR count). The normalized spacial score (nSPS) is 14.9. The second-order valence-corrected chi connectivity index (χ2v) is 5.99. The minimum Gasteiger partial charge on any atom is -0.398 e. The Morgan fingerprint density at radius 2 is 1.89 bits per heavy atom. The summed E-state index contributed by atoms with van der Waals surface area (Å²) in [6.07, 6.45) is 4.92. The zero-order chi connectivity index (χ0) is 13.6. The van der Waals surface area contributed by atoms with Crippen molar-refractivity contribution in [2.75, 3.05) is 5.73 Å². The number of nitrogens with zero attached hydrogens (tertiary/aromatic N) is 1. The van der Waals surface area contributed by atoms with Gasteiger partial charge in [-0.2, -0.15) is 0 Å². The summed E-state index contributed by atoms with van der Waals surface area (Å²) >= 11 is 0. The van der Waals surface area contributed by atoms with Gasteiger partial charge in [0.05, 0.1) is 5.52 Å². The Morgan fingerprint density at radius 1 is 1.16 bits per heavy atom. The third-order valence-corrected chi connectivity index (χ3v) is 4.33. The molecular weight excluding hydrogens is 232 g/mol. The number of anilines is 1. The first-order chi connectivity index (χ1) is 9.09. The summed E-state index contributed by atoms with van der Waals surface area (Å²) in [4.78, 5) is 4.89. The van der Waals surface area contributed by atoms with Gasteiger partial charge in [0.15, 0.2) is 0 Å². The zero-order valence-corrected chi connectivity index (χ0v) is 12.1. The average molecular weight is 254 g/mol. The van der Waals surface area contributed by atoms with Crippen LogP contribution >= 0.6 is 0 Å². The van der Waals surface area contributed by atoms with Crippen LogP contribution in [0.2, 0.25) is 0 Å². The zero-order valence-electron chi connectivity index (χ0n) is 12.1. The van der Waals surface area contributed by atoms with Crippen molar-refractivity contribution in [1.82, 2.24) is 4.98 Å². The summed E-state index contributed by atoms with van der Waals surface area (Å²) in [7, 11) is 0. The van der Waals surface area contributed by atoms with E-state index in [4.69, 9.17) is 10.7 Å². The van der Waals surface area contributed by atoms with Crippen LogP contribution in [0.3, 0.4) is 0 Å². The van der Waals surface area contributed by atoms with Crippen LogP contribution in [0.4, 0.5) is 5.69 Å². The van der Waals surface area contributed by atoms with Crippen LogP contribution < -0.4 is 5.73 Å². The van der Waals surface area contributed by atoms with E-state index in [0.717, 1.165) is 28.7 Å². The molecule has 0 saturated carbocycles. The Balaban J connectivity index is 2.35. The largest absolute Gasteiger partial charge is 0.398 e. The second-order valence-electron chi connectivity index (χ2n) is 5.99. The molecule has 2 N–H and O–H groups in total. The van der Waals surface area contributed by atoms with Gasteiger partial charge < -0.3 is 5.73 Å². The summed E-state index contributed by atoms with van der Waals surface area (Å²) in [6, 6.07) is 4.43. The van der Waals surface area contributed by atoms with Crippen molar-refractivity contribution in [2.24, 2.45) is 0 Å². The lowest BCUT2D eigenvalue weighted by Gasteiger charge is -2.21. The van der Waals surface area contributed by atoms with Crippen molar-refractivity contribution in [1.29, 1.82) is 0 Å². The SMILES string of the molecule is Cc1nc2c3c(ccc2c(N)c1C(C)C)CCCC3. The highest BCUT2D eigenvalue weighted by Gasteiger charge is 2.18. The first kappa shape index (κ1) is 12.5. The van der Waals surface area contributed by atoms with E-state index in [2.05, 4.69) is 32.9 Å². The molecule has 0 aliphatic heterocycles. The number of aromatic nitrogens is 1. The van der Waals surface area contributed by atoms with Crippen molar-refractivity contribution in [2.45, 2.75) is 52.4 Å². The molecule has 0 spiro atoms. The van der Waals surface area contributed by atoms with Crippen molar-refractivity contribution >= 4 is 16.6 Å². The quantitative estimate of drug-likeness (QED) is 0.831. The third-order valence-electron chi connectivity index (χ3n) is 4.33. The van der Waals surface area contributed by atoms with Gasteiger partial charge in [-0.25, -0.2) is 0 Å². The number of pyridine rings is 1. The van der Waals surface area contributed by atoms with Gasteiger partial charge in [-0.3, -0.25) is 4.98 Å². The number of aryl methyl sites for hydroxylation is 3. The predicted octanol–water partition coefficient (Wildman–Crippen LogP) is 4.13. The van der Waals surface area contributed by atoms with Crippen LogP contribution in [0.15, 0.2) is 12.1 Å². The maximum absolute atomic E-state index is 6.41. The molecule has 0 amide bonds. The number of nitrogen functional groups attached to an aromatic ring is 1. The molecule has 2 aromatic rings. The highest BCUT2D eigenvalue weighted by Crippen LogP contribution is 2.35. The minimum absolute atomic E-state index is 0.424. The molecule has 2 nitrogen and oxygen atoms in total. The fourth-order valence-corrected chi connectivity index (χ4v) is 3.45. The third kappa shape index (κ3) is 1.90. The van der Waals surface area contributed by atoms with Crippen molar-refractivity contribution in [3.05, 3.63) is 34.5 Å². The highest BCUT2D eigenvalue weighted by molar-refractivity contribution is 5.95. The summed E-state index contributed by atoms with van der Waals surface area (Å²) in [6.45, 7) is 6.46. The fraction of sp³-hybridized carbons (Fsp3) is 0.471. The Morgan fingerprint density at radius 3 is 2.63 bits per heavy atom. The molecule has 1 aromatic heterocycles. The first-order valence-corrected chi connectivity index (χ1v) is 7.30. The lowest BCUT2D eigenvalue weighted by atomic mass is 9.88. The van der Waals surface area contributed by atoms with Gasteiger partial charge in [0.1, 0.15) is 0 Å². The summed E-state index contributed by atoms with van der Waals surface area (Å²) in [5.41, 5.74) is 13.7. The van der Waals surface area contributed by atoms with E-state index >= 15 is 0 Å². The molecule has 1 aliphatic carbocycles. The molecule has 100 valence electrons. The highest BCUT2D eigenvalue weighted by atomic mass is 14.7. The van der Waals surface area contributed by atoms with Gasteiger partial charge in [-0.05, 0) is 55.2 Å². The van der Waals surface area contributed by atoms with Crippen LogP contribution in [-0.4, -0.2) is 4.98 Å². The van der Waals surface area contributed by atoms with E-state index in [0.29, 0.717) is 5.92 Å². The van der Waals surface area contributed by atoms with E-state index in [1.807, 2.05) is 0 Å². The standard InChI is InChI=1S/C17H22N2/c1-10(2)15-11(3)19-17-13-7-5-4-6-12(13)8-9-14(17)16(15)18/h8-10H,4-7H2,1-3H3,(H2,18,19). The Kier molecular flexibility index (Phi) is 2.96. The van der Waals surface area contributed by atoms with Crippen LogP contribution in [-0.2, 0) is 12.8 Å². The van der Waals surface area contributed by atoms with E-state index in [1.54, 1.807) is 0 Å². The van der Waals surface area contributed by atoms with Crippen LogP contribution in [0.5, 0.6) is 0 Å². The fourth-order valence-electron chi connectivity index (χ4n) is 3.45. The van der Waals surface area contributed by atoms with Gasteiger partial charge in [-0.1, -0.05) is 26.0 Å². The Labute approximate surface area is 115 Å². The number of hydrogen-bond acceptors (Lipinski definition) is 2. The lowest BCUT2D eigenvalue weighted by molar-refractivity contribution is 0.688. The second kappa shape index (κ2) is 4.52. The molecule has 2 heteroatoms. The van der Waals surface area contributed by atoms with E-state index in [-0.39, 0.29) is 0 Å². The molecule has 0 unspecified atom stereocenters. The number of benzene rings is 1. The number of nitrogens with two attached hydrogens (primary N) is 1. The molecule has 19 heavy (non-hydrogen) atoms. The topological polar surface area (TPSA) is 38.9 Å². The Bertz CT molecular complexity index is 641. The number of fused-ring (bicyclic) bond motifs is 3. The maximum Gasteiger partial charge on any atom is 0.0760 e. The molecule has 1 heterocycles. The predicted molar refractivity (Wildman–Crippen MR) is 81.6 cm³/mol. The Hall–Kier alpha value is -1.57. The molecule has 0 atom stereocenters. The van der Waals surface area contributed by atoms with Crippen LogP contribution in [0, 0.1) is 6.92 Å². The van der Waals surface area contributed by atoms with E-state index in [9.17, 15) is 0 Å². The van der Waals surface area contributed by atoms with Gasteiger partial charge in [0, 0.05) is 16.8 Å². The minimum atomic E-state index is 0.424. The molecule has 1 aromatic carbocycles. The molecule has 0 saturated heterocycles. The van der Waals surface area contributed by atoms with Gasteiger partial charge in [-0.15, -0.1) is 0 Å². The van der Waals surface area contributed by atoms with Crippen molar-refractivity contribution in [3.63, 3.8) is 0 Å². The maximum atomic E-state index is 6.41. The van der Waals surface area contributed by atoms with Gasteiger partial charge >= 0.3 is 0 Å². The molecule has 0 bridgehead atoms. The van der Waals surface area contributed by atoms with Crippen LogP contribution in [0.1, 0.15) is 55.0 Å². The van der Waals surface area contributed by atoms with Crippen molar-refractivity contribution < 1.29 is 0 Å². The van der Waals surface area contributed by atoms with Crippen LogP contribution in [0.25, 0.3) is 10.9 Å². The van der Waals surface area contributed by atoms with Gasteiger partial charge in [0.25, 0.3) is 0 Å². The smallest absolute Gasteiger partial charge is 0.0760 e. The number of hydrogen-bond donors (Lipinski definition) is 1. The monoisotopic (exact) mass is 254 g/mol. The van der Waals surface area contributed by atoms with Gasteiger partial charge in [0.2, 0.25) is 0 Å². The van der Waals surface area contributed by atoms with Crippen molar-refractivity contribution in [3.8, 4) is 0 Å². The molecular formula is C17H22N2. The summed E-state index contributed by atoms with van der Waals surface area (Å²) in [5.74, 6) is 0.424. The molecule has 0 radical (unpaired) electrons. The molecule has 1 aliphatic rings. The summed E-state index contributed by atoms with van der Waals surface area (Å²) < 4.78 is 0. The molecule has 0 fully saturated rings. The first-order valence-electron chi connectivity index (χ1n) is 7.30. The lowest BCUT2D eigenvalue weighted by Crippen LogP contribution is -2.08.